The second-order valence-corrected chi connectivity index (χ2v) is 7.47. The van der Waals surface area contributed by atoms with Gasteiger partial charge in [0.25, 0.3) is 11.8 Å². The molecule has 0 atom stereocenters. The molecule has 0 saturated heterocycles. The lowest BCUT2D eigenvalue weighted by Gasteiger charge is -2.17. The zero-order valence-electron chi connectivity index (χ0n) is 15.3. The number of hydrogen-bond acceptors (Lipinski definition) is 7. The Kier molecular flexibility index (Phi) is 5.68. The van der Waals surface area contributed by atoms with Crippen LogP contribution in [0.15, 0.2) is 9.26 Å². The third kappa shape index (κ3) is 4.97. The summed E-state index contributed by atoms with van der Waals surface area (Å²) >= 11 is 0. The van der Waals surface area contributed by atoms with Gasteiger partial charge in [-0.1, -0.05) is 51.9 Å². The number of nitrogens with zero attached hydrogens (tertiary/aromatic N) is 4. The van der Waals surface area contributed by atoms with Crippen molar-refractivity contribution in [2.24, 2.45) is 0 Å². The Balaban J connectivity index is 0.000000243. The van der Waals surface area contributed by atoms with Crippen molar-refractivity contribution in [1.29, 1.82) is 0 Å². The van der Waals surface area contributed by atoms with E-state index in [1.807, 2.05) is 20.8 Å². The monoisotopic (exact) mass is 346 g/mol. The molecule has 2 heterocycles. The maximum absolute atomic E-state index is 12.9. The Labute approximate surface area is 139 Å². The van der Waals surface area contributed by atoms with Crippen LogP contribution >= 0.6 is 0 Å². The minimum Gasteiger partial charge on any atom is -0.477 e. The molecule has 2 aromatic heterocycles. The van der Waals surface area contributed by atoms with Gasteiger partial charge in [-0.3, -0.25) is 0 Å². The molecule has 0 fully saturated rings. The largest absolute Gasteiger partial charge is 0.477 e. The highest BCUT2D eigenvalue weighted by molar-refractivity contribution is 5.22. The highest BCUT2D eigenvalue weighted by Gasteiger charge is 2.37. The van der Waals surface area contributed by atoms with Crippen LogP contribution in [0.5, 0.6) is 5.88 Å². The zero-order valence-corrected chi connectivity index (χ0v) is 15.3. The summed E-state index contributed by atoms with van der Waals surface area (Å²) in [7, 11) is 1.55. The quantitative estimate of drug-likeness (QED) is 0.816. The molecular formula is C15H24F2N4O3. The number of aromatic nitrogens is 4. The van der Waals surface area contributed by atoms with Crippen LogP contribution in [-0.4, -0.2) is 27.7 Å². The number of rotatable bonds is 2. The topological polar surface area (TPSA) is 87.1 Å². The van der Waals surface area contributed by atoms with E-state index in [2.05, 4.69) is 29.9 Å². The van der Waals surface area contributed by atoms with Crippen LogP contribution in [0.1, 0.15) is 65.5 Å². The lowest BCUT2D eigenvalue weighted by Crippen LogP contribution is -2.20. The van der Waals surface area contributed by atoms with E-state index in [4.69, 9.17) is 4.74 Å². The summed E-state index contributed by atoms with van der Waals surface area (Å²) in [5.74, 6) is -2.53. The third-order valence-electron chi connectivity index (χ3n) is 2.98. The summed E-state index contributed by atoms with van der Waals surface area (Å²) < 4.78 is 39.6. The predicted molar refractivity (Wildman–Crippen MR) is 82.1 cm³/mol. The van der Waals surface area contributed by atoms with Gasteiger partial charge in [-0.05, 0) is 10.3 Å². The maximum atomic E-state index is 12.9. The van der Waals surface area contributed by atoms with Gasteiger partial charge in [-0.25, -0.2) is 9.26 Å². The van der Waals surface area contributed by atoms with Gasteiger partial charge < -0.3 is 4.74 Å². The Morgan fingerprint density at radius 2 is 1.12 bits per heavy atom. The van der Waals surface area contributed by atoms with Crippen molar-refractivity contribution in [3.63, 3.8) is 0 Å². The van der Waals surface area contributed by atoms with E-state index in [9.17, 15) is 8.78 Å². The van der Waals surface area contributed by atoms with E-state index < -0.39 is 11.3 Å². The summed E-state index contributed by atoms with van der Waals surface area (Å²) in [6.07, 6.45) is 0. The molecular weight excluding hydrogens is 322 g/mol. The molecule has 0 aromatic carbocycles. The minimum absolute atomic E-state index is 0.0780. The SMILES string of the molecule is CC(C)(C)c1nonc1C(C)(F)F.COc1nonc1C(C)(C)C. The molecule has 0 N–H and O–H groups in total. The van der Waals surface area contributed by atoms with E-state index in [1.165, 1.54) is 0 Å². The smallest absolute Gasteiger partial charge is 0.292 e. The fourth-order valence-electron chi connectivity index (χ4n) is 1.74. The minimum atomic E-state index is -3.00. The van der Waals surface area contributed by atoms with Crippen molar-refractivity contribution in [3.8, 4) is 5.88 Å². The summed E-state index contributed by atoms with van der Waals surface area (Å²) in [5.41, 5.74) is 0.0279. The van der Waals surface area contributed by atoms with E-state index in [0.29, 0.717) is 5.88 Å². The molecule has 136 valence electrons. The van der Waals surface area contributed by atoms with E-state index in [1.54, 1.807) is 27.9 Å². The molecule has 0 unspecified atom stereocenters. The fourth-order valence-corrected chi connectivity index (χ4v) is 1.74. The molecule has 2 aromatic rings. The Bertz CT molecular complexity index is 620. The van der Waals surface area contributed by atoms with Crippen LogP contribution < -0.4 is 4.74 Å². The van der Waals surface area contributed by atoms with E-state index >= 15 is 0 Å². The van der Waals surface area contributed by atoms with Crippen molar-refractivity contribution in [3.05, 3.63) is 17.1 Å². The molecule has 2 rings (SSSR count). The van der Waals surface area contributed by atoms with Gasteiger partial charge >= 0.3 is 0 Å². The number of alkyl halides is 2. The summed E-state index contributed by atoms with van der Waals surface area (Å²) in [6.45, 7) is 12.2. The zero-order chi connectivity index (χ0) is 18.8. The number of methoxy groups -OCH3 is 1. The van der Waals surface area contributed by atoms with Crippen LogP contribution in [0.3, 0.4) is 0 Å². The van der Waals surface area contributed by atoms with Gasteiger partial charge in [0.1, 0.15) is 5.69 Å². The molecule has 0 amide bonds. The van der Waals surface area contributed by atoms with Gasteiger partial charge in [0.2, 0.25) is 0 Å². The molecule has 0 spiro atoms. The normalized spacial score (nSPS) is 12.6. The van der Waals surface area contributed by atoms with Gasteiger partial charge in [0.05, 0.1) is 7.11 Å². The van der Waals surface area contributed by atoms with Crippen molar-refractivity contribution in [2.45, 2.75) is 65.2 Å². The first-order valence-corrected chi connectivity index (χ1v) is 7.37. The maximum Gasteiger partial charge on any atom is 0.292 e. The lowest BCUT2D eigenvalue weighted by molar-refractivity contribution is 0.00801. The third-order valence-corrected chi connectivity index (χ3v) is 2.98. The van der Waals surface area contributed by atoms with Crippen LogP contribution in [0.4, 0.5) is 8.78 Å². The molecule has 0 aliphatic heterocycles. The number of halogens is 2. The molecule has 7 nitrogen and oxygen atoms in total. The first kappa shape index (κ1) is 20.0. The standard InChI is InChI=1S/C8H12F2N2O.C7H12N2O2/c1-7(2,3)5-6(8(4,9)10)12-13-11-5;1-7(2,3)5-6(10-4)9-11-8-5/h1-4H3;1-4H3. The van der Waals surface area contributed by atoms with Crippen molar-refractivity contribution in [1.82, 2.24) is 20.6 Å². The van der Waals surface area contributed by atoms with Crippen LogP contribution in [-0.2, 0) is 16.8 Å². The van der Waals surface area contributed by atoms with E-state index in [-0.39, 0.29) is 16.8 Å². The average Bonchev–Trinajstić information content (AvgIpc) is 3.06. The van der Waals surface area contributed by atoms with Crippen LogP contribution in [0.25, 0.3) is 0 Å². The first-order chi connectivity index (χ1) is 10.8. The number of ether oxygens (including phenoxy) is 1. The second-order valence-electron chi connectivity index (χ2n) is 7.47. The molecule has 0 bridgehead atoms. The van der Waals surface area contributed by atoms with Crippen molar-refractivity contribution < 1.29 is 22.8 Å². The highest BCUT2D eigenvalue weighted by Crippen LogP contribution is 2.33. The van der Waals surface area contributed by atoms with Crippen LogP contribution in [0.2, 0.25) is 0 Å². The second kappa shape index (κ2) is 6.82. The Morgan fingerprint density at radius 3 is 1.46 bits per heavy atom. The first-order valence-electron chi connectivity index (χ1n) is 7.37. The lowest BCUT2D eigenvalue weighted by atomic mass is 9.89. The van der Waals surface area contributed by atoms with Gasteiger partial charge in [-0.2, -0.15) is 8.78 Å². The molecule has 0 radical (unpaired) electrons. The van der Waals surface area contributed by atoms with Crippen molar-refractivity contribution in [2.75, 3.05) is 7.11 Å². The average molecular weight is 346 g/mol. The summed E-state index contributed by atoms with van der Waals surface area (Å²) in [4.78, 5) is 0. The van der Waals surface area contributed by atoms with Crippen molar-refractivity contribution >= 4 is 0 Å². The fraction of sp³-hybridized carbons (Fsp3) is 0.733. The Hall–Kier alpha value is -2.06. The predicted octanol–water partition coefficient (Wildman–Crippen LogP) is 3.85. The van der Waals surface area contributed by atoms with E-state index in [0.717, 1.165) is 12.6 Å². The summed E-state index contributed by atoms with van der Waals surface area (Å²) in [5, 5.41) is 14.0. The molecule has 0 saturated carbocycles. The molecule has 24 heavy (non-hydrogen) atoms. The van der Waals surface area contributed by atoms with Crippen LogP contribution in [0, 0.1) is 0 Å². The molecule has 0 aliphatic rings. The Morgan fingerprint density at radius 1 is 0.708 bits per heavy atom. The van der Waals surface area contributed by atoms with Gasteiger partial charge in [0, 0.05) is 17.8 Å². The van der Waals surface area contributed by atoms with Gasteiger partial charge in [0.15, 0.2) is 11.4 Å². The number of hydrogen-bond donors (Lipinski definition) is 0. The summed E-state index contributed by atoms with van der Waals surface area (Å²) in [6, 6.07) is 0. The highest BCUT2D eigenvalue weighted by atomic mass is 19.3. The molecule has 0 aliphatic carbocycles. The molecule has 9 heteroatoms. The van der Waals surface area contributed by atoms with Gasteiger partial charge in [-0.15, -0.1) is 0 Å².